The lowest BCUT2D eigenvalue weighted by atomic mass is 9.70. The average Bonchev–Trinajstić information content (AvgIpc) is 2.99. The van der Waals surface area contributed by atoms with Crippen LogP contribution in [-0.4, -0.2) is 30.7 Å². The summed E-state index contributed by atoms with van der Waals surface area (Å²) < 4.78 is 3.20. The third-order valence-corrected chi connectivity index (χ3v) is 5.56. The molecule has 0 atom stereocenters. The number of nitrogens with zero attached hydrogens (tertiary/aromatic N) is 3. The molecule has 2 heterocycles. The largest absolute Gasteiger partial charge is 0.390 e. The normalized spacial score (nSPS) is 22.6. The molecule has 27 heavy (non-hydrogen) atoms. The first-order chi connectivity index (χ1) is 12.6. The zero-order chi connectivity index (χ0) is 19.9. The third-order valence-electron chi connectivity index (χ3n) is 5.56. The van der Waals surface area contributed by atoms with E-state index >= 15 is 0 Å². The van der Waals surface area contributed by atoms with Crippen molar-refractivity contribution in [3.05, 3.63) is 34.0 Å². The molecule has 0 radical (unpaired) electrons. The van der Waals surface area contributed by atoms with Crippen molar-refractivity contribution in [2.24, 2.45) is 5.92 Å². The minimum atomic E-state index is -0.563. The Morgan fingerprint density at radius 1 is 1.30 bits per heavy atom. The molecule has 0 saturated heterocycles. The molecule has 1 saturated carbocycles. The topological polar surface area (TPSA) is 76.6 Å². The molecule has 6 nitrogen and oxygen atoms in total. The Kier molecular flexibility index (Phi) is 5.30. The van der Waals surface area contributed by atoms with Gasteiger partial charge in [-0.2, -0.15) is 5.10 Å². The van der Waals surface area contributed by atoms with E-state index in [-0.39, 0.29) is 23.8 Å². The summed E-state index contributed by atoms with van der Waals surface area (Å²) in [6.07, 6.45) is 4.69. The second-order valence-electron chi connectivity index (χ2n) is 9.01. The van der Waals surface area contributed by atoms with Gasteiger partial charge in [0, 0.05) is 18.5 Å². The lowest BCUT2D eigenvalue weighted by Crippen LogP contribution is -2.41. The van der Waals surface area contributed by atoms with Crippen LogP contribution < -0.4 is 5.56 Å². The van der Waals surface area contributed by atoms with Crippen molar-refractivity contribution in [1.29, 1.82) is 0 Å². The summed E-state index contributed by atoms with van der Waals surface area (Å²) in [5, 5.41) is 14.3. The number of rotatable bonds is 7. The van der Waals surface area contributed by atoms with Crippen LogP contribution in [0.25, 0.3) is 5.52 Å². The van der Waals surface area contributed by atoms with E-state index in [1.165, 1.54) is 4.68 Å². The number of hydrogen-bond donors (Lipinski definition) is 1. The highest BCUT2D eigenvalue weighted by Crippen LogP contribution is 2.39. The highest BCUT2D eigenvalue weighted by Gasteiger charge is 2.37. The van der Waals surface area contributed by atoms with Crippen molar-refractivity contribution in [1.82, 2.24) is 14.2 Å². The van der Waals surface area contributed by atoms with Crippen LogP contribution in [0.5, 0.6) is 0 Å². The summed E-state index contributed by atoms with van der Waals surface area (Å²) in [7, 11) is 0. The van der Waals surface area contributed by atoms with E-state index < -0.39 is 5.60 Å². The summed E-state index contributed by atoms with van der Waals surface area (Å²) in [5.74, 6) is 1.67. The molecule has 1 aliphatic rings. The lowest BCUT2D eigenvalue weighted by molar-refractivity contribution is -0.121. The second-order valence-corrected chi connectivity index (χ2v) is 9.01. The van der Waals surface area contributed by atoms with Crippen molar-refractivity contribution >= 4 is 11.3 Å². The van der Waals surface area contributed by atoms with Gasteiger partial charge in [0.1, 0.15) is 17.9 Å². The quantitative estimate of drug-likeness (QED) is 0.808. The van der Waals surface area contributed by atoms with Crippen molar-refractivity contribution in [3.63, 3.8) is 0 Å². The fourth-order valence-corrected chi connectivity index (χ4v) is 4.00. The van der Waals surface area contributed by atoms with E-state index in [1.807, 2.05) is 37.4 Å². The van der Waals surface area contributed by atoms with E-state index in [2.05, 4.69) is 18.9 Å². The monoisotopic (exact) mass is 373 g/mol. The van der Waals surface area contributed by atoms with Gasteiger partial charge in [0.05, 0.1) is 5.60 Å². The molecule has 3 rings (SSSR count). The molecular weight excluding hydrogens is 342 g/mol. The van der Waals surface area contributed by atoms with Gasteiger partial charge in [0.25, 0.3) is 5.56 Å². The zero-order valence-corrected chi connectivity index (χ0v) is 17.0. The highest BCUT2D eigenvalue weighted by atomic mass is 16.3. The number of hydrogen-bond acceptors (Lipinski definition) is 4. The first kappa shape index (κ1) is 19.8. The molecule has 6 heteroatoms. The summed E-state index contributed by atoms with van der Waals surface area (Å²) in [4.78, 5) is 25.3. The molecule has 148 valence electrons. The number of fused-ring (bicyclic) bond motifs is 1. The first-order valence-corrected chi connectivity index (χ1v) is 9.94. The van der Waals surface area contributed by atoms with Gasteiger partial charge in [-0.05, 0) is 49.7 Å². The maximum absolute atomic E-state index is 12.9. The van der Waals surface area contributed by atoms with Gasteiger partial charge in [-0.25, -0.2) is 4.68 Å². The first-order valence-electron chi connectivity index (χ1n) is 9.94. The van der Waals surface area contributed by atoms with E-state index in [0.717, 1.165) is 30.7 Å². The highest BCUT2D eigenvalue weighted by molar-refractivity contribution is 5.78. The van der Waals surface area contributed by atoms with Gasteiger partial charge in [-0.1, -0.05) is 27.7 Å². The zero-order valence-electron chi connectivity index (χ0n) is 17.0. The number of Topliss-reactive ketones (excluding diaryl/α,β-unsaturated/α-hetero) is 1. The van der Waals surface area contributed by atoms with Crippen molar-refractivity contribution in [2.45, 2.75) is 84.3 Å². The SMILES string of the molecule is CC(C)c1cc2c(=O)n(CC(=O)CCC3CC(C)(O)C3)nc(C(C)C)n2c1. The lowest BCUT2D eigenvalue weighted by Gasteiger charge is -2.41. The van der Waals surface area contributed by atoms with Crippen molar-refractivity contribution in [2.75, 3.05) is 0 Å². The minimum Gasteiger partial charge on any atom is -0.390 e. The Labute approximate surface area is 160 Å². The smallest absolute Gasteiger partial charge is 0.291 e. The number of aromatic nitrogens is 3. The van der Waals surface area contributed by atoms with E-state index in [1.54, 1.807) is 0 Å². The van der Waals surface area contributed by atoms with Crippen molar-refractivity contribution < 1.29 is 9.90 Å². The van der Waals surface area contributed by atoms with Gasteiger partial charge in [0.15, 0.2) is 5.78 Å². The van der Waals surface area contributed by atoms with Crippen LogP contribution in [0.2, 0.25) is 0 Å². The predicted octanol–water partition coefficient (Wildman–Crippen LogP) is 3.25. The molecule has 2 aromatic rings. The molecule has 0 aromatic carbocycles. The summed E-state index contributed by atoms with van der Waals surface area (Å²) >= 11 is 0. The molecule has 1 aliphatic carbocycles. The Bertz CT molecular complexity index is 897. The molecule has 0 bridgehead atoms. The van der Waals surface area contributed by atoms with Crippen LogP contribution in [-0.2, 0) is 11.3 Å². The Hall–Kier alpha value is -1.95. The molecule has 0 aliphatic heterocycles. The summed E-state index contributed by atoms with van der Waals surface area (Å²) in [5.41, 5.74) is 0.899. The average molecular weight is 373 g/mol. The molecule has 0 unspecified atom stereocenters. The van der Waals surface area contributed by atoms with Crippen LogP contribution in [0, 0.1) is 5.92 Å². The summed E-state index contributed by atoms with van der Waals surface area (Å²) in [6, 6.07) is 1.91. The number of aliphatic hydroxyl groups is 1. The fraction of sp³-hybridized carbons (Fsp3) is 0.667. The molecule has 0 spiro atoms. The molecule has 1 fully saturated rings. The second kappa shape index (κ2) is 7.23. The third kappa shape index (κ3) is 4.15. The van der Waals surface area contributed by atoms with E-state index in [0.29, 0.717) is 23.8 Å². The van der Waals surface area contributed by atoms with Gasteiger partial charge in [-0.3, -0.25) is 14.0 Å². The van der Waals surface area contributed by atoms with E-state index in [4.69, 9.17) is 0 Å². The Morgan fingerprint density at radius 3 is 2.52 bits per heavy atom. The maximum Gasteiger partial charge on any atom is 0.291 e. The van der Waals surface area contributed by atoms with Crippen LogP contribution in [0.1, 0.15) is 83.5 Å². The maximum atomic E-state index is 12.9. The number of carbonyl (C=O) groups is 1. The molecular formula is C21H31N3O3. The number of carbonyl (C=O) groups excluding carboxylic acids is 1. The predicted molar refractivity (Wildman–Crippen MR) is 105 cm³/mol. The standard InChI is InChI=1S/C21H31N3O3/c1-13(2)16-8-18-20(26)24(22-19(14(3)4)23(18)11-16)12-17(25)7-6-15-9-21(5,27)10-15/h8,11,13-15,27H,6-7,9-10,12H2,1-5H3. The minimum absolute atomic E-state index is 0.0142. The van der Waals surface area contributed by atoms with E-state index in [9.17, 15) is 14.7 Å². The molecule has 0 amide bonds. The van der Waals surface area contributed by atoms with Crippen LogP contribution in [0.15, 0.2) is 17.1 Å². The van der Waals surface area contributed by atoms with Crippen LogP contribution in [0.3, 0.4) is 0 Å². The van der Waals surface area contributed by atoms with Gasteiger partial charge < -0.3 is 5.11 Å². The van der Waals surface area contributed by atoms with Crippen LogP contribution in [0.4, 0.5) is 0 Å². The van der Waals surface area contributed by atoms with Gasteiger partial charge in [-0.15, -0.1) is 0 Å². The number of ketones is 1. The van der Waals surface area contributed by atoms with Crippen LogP contribution >= 0.6 is 0 Å². The van der Waals surface area contributed by atoms with Gasteiger partial charge in [0.2, 0.25) is 0 Å². The molecule has 2 aromatic heterocycles. The van der Waals surface area contributed by atoms with Gasteiger partial charge >= 0.3 is 0 Å². The fourth-order valence-electron chi connectivity index (χ4n) is 4.00. The summed E-state index contributed by atoms with van der Waals surface area (Å²) in [6.45, 7) is 10.1. The Balaban J connectivity index is 1.80. The molecule has 1 N–H and O–H groups in total. The van der Waals surface area contributed by atoms with Crippen molar-refractivity contribution in [3.8, 4) is 0 Å². The Morgan fingerprint density at radius 2 is 1.96 bits per heavy atom.